The first-order valence-corrected chi connectivity index (χ1v) is 10.4. The third kappa shape index (κ3) is 8.31. The highest BCUT2D eigenvalue weighted by Crippen LogP contribution is 2.27. The Balaban J connectivity index is 3.19. The number of rotatable bonds is 12. The number of ether oxygens (including phenoxy) is 1. The van der Waals surface area contributed by atoms with E-state index in [4.69, 9.17) is 10.00 Å². The summed E-state index contributed by atoms with van der Waals surface area (Å²) >= 11 is 1.56. The second kappa shape index (κ2) is 13.1. The molecular formula is C22H30N2OS. The molecule has 0 fully saturated rings. The first kappa shape index (κ1) is 21.9. The van der Waals surface area contributed by atoms with Crippen molar-refractivity contribution in [2.45, 2.75) is 39.5 Å². The zero-order chi connectivity index (χ0) is 19.2. The minimum atomic E-state index is 0.422. The number of benzene rings is 1. The summed E-state index contributed by atoms with van der Waals surface area (Å²) < 4.78 is 6.18. The van der Waals surface area contributed by atoms with E-state index < -0.39 is 0 Å². The van der Waals surface area contributed by atoms with Crippen LogP contribution in [0, 0.1) is 11.3 Å². The van der Waals surface area contributed by atoms with Crippen molar-refractivity contribution in [2.75, 3.05) is 19.3 Å². The van der Waals surface area contributed by atoms with Crippen molar-refractivity contribution in [3.63, 3.8) is 0 Å². The van der Waals surface area contributed by atoms with Crippen LogP contribution in [0.3, 0.4) is 0 Å². The summed E-state index contributed by atoms with van der Waals surface area (Å²) in [5, 5.41) is 9.09. The summed E-state index contributed by atoms with van der Waals surface area (Å²) in [4.78, 5) is 3.23. The molecule has 0 N–H and O–H groups in total. The van der Waals surface area contributed by atoms with E-state index in [1.807, 2.05) is 36.6 Å². The highest BCUT2D eigenvalue weighted by Gasteiger charge is 2.11. The lowest BCUT2D eigenvalue weighted by Crippen LogP contribution is -2.21. The molecule has 1 rings (SSSR count). The highest BCUT2D eigenvalue weighted by molar-refractivity contribution is 8.02. The summed E-state index contributed by atoms with van der Waals surface area (Å²) in [7, 11) is 0. The second-order valence-electron chi connectivity index (χ2n) is 6.00. The number of nitriles is 1. The maximum absolute atomic E-state index is 9.09. The molecule has 0 radical (unpaired) electrons. The Morgan fingerprint density at radius 3 is 2.31 bits per heavy atom. The standard InChI is InChI=1S/C22H30N2OS/c1-5-7-14-24(15-8-6-2)18-21(22(26-4)16-19(3)17-23)25-20-12-10-9-11-13-20/h9-13,16,18H,3,5-8,14-15H2,1-2,4H3/b21-18-,22-16+. The highest BCUT2D eigenvalue weighted by atomic mass is 32.2. The fourth-order valence-corrected chi connectivity index (χ4v) is 2.86. The number of nitrogens with zero attached hydrogens (tertiary/aromatic N) is 2. The van der Waals surface area contributed by atoms with Gasteiger partial charge in [-0.2, -0.15) is 5.26 Å². The van der Waals surface area contributed by atoms with E-state index in [0.717, 1.165) is 55.2 Å². The number of para-hydroxylation sites is 1. The Bertz CT molecular complexity index is 636. The molecule has 0 aliphatic heterocycles. The van der Waals surface area contributed by atoms with Crippen molar-refractivity contribution in [3.05, 3.63) is 65.4 Å². The van der Waals surface area contributed by atoms with Crippen molar-refractivity contribution >= 4 is 11.8 Å². The predicted octanol–water partition coefficient (Wildman–Crippen LogP) is 6.14. The molecule has 0 bridgehead atoms. The fraction of sp³-hybridized carbons (Fsp3) is 0.409. The lowest BCUT2D eigenvalue weighted by atomic mass is 10.2. The van der Waals surface area contributed by atoms with Gasteiger partial charge in [-0.05, 0) is 37.3 Å². The van der Waals surface area contributed by atoms with Crippen LogP contribution in [0.2, 0.25) is 0 Å². The van der Waals surface area contributed by atoms with Crippen LogP contribution in [0.15, 0.2) is 65.4 Å². The van der Waals surface area contributed by atoms with Crippen LogP contribution in [-0.2, 0) is 0 Å². The topological polar surface area (TPSA) is 36.3 Å². The van der Waals surface area contributed by atoms with Gasteiger partial charge in [0.25, 0.3) is 0 Å². The van der Waals surface area contributed by atoms with Gasteiger partial charge in [0.1, 0.15) is 5.75 Å². The quantitative estimate of drug-likeness (QED) is 0.252. The van der Waals surface area contributed by atoms with Crippen molar-refractivity contribution in [1.29, 1.82) is 5.26 Å². The second-order valence-corrected chi connectivity index (χ2v) is 6.85. The van der Waals surface area contributed by atoms with E-state index in [0.29, 0.717) is 5.57 Å². The number of unbranched alkanes of at least 4 members (excludes halogenated alkanes) is 2. The molecular weight excluding hydrogens is 340 g/mol. The number of hydrogen-bond acceptors (Lipinski definition) is 4. The van der Waals surface area contributed by atoms with Gasteiger partial charge >= 0.3 is 0 Å². The van der Waals surface area contributed by atoms with Crippen molar-refractivity contribution < 1.29 is 4.74 Å². The number of allylic oxidation sites excluding steroid dienone is 2. The minimum Gasteiger partial charge on any atom is -0.455 e. The molecule has 140 valence electrons. The Morgan fingerprint density at radius 1 is 1.19 bits per heavy atom. The van der Waals surface area contributed by atoms with Gasteiger partial charge in [0.2, 0.25) is 0 Å². The summed E-state index contributed by atoms with van der Waals surface area (Å²) in [6.45, 7) is 10.2. The maximum Gasteiger partial charge on any atom is 0.156 e. The summed E-state index contributed by atoms with van der Waals surface area (Å²) in [6.07, 6.45) is 10.5. The zero-order valence-corrected chi connectivity index (χ0v) is 17.0. The van der Waals surface area contributed by atoms with Crippen molar-refractivity contribution in [3.8, 4) is 11.8 Å². The molecule has 0 amide bonds. The molecule has 0 aromatic heterocycles. The van der Waals surface area contributed by atoms with Gasteiger partial charge in [-0.3, -0.25) is 0 Å². The zero-order valence-electron chi connectivity index (χ0n) is 16.2. The third-order valence-corrected chi connectivity index (χ3v) is 4.54. The Kier molecular flexibility index (Phi) is 11.1. The largest absolute Gasteiger partial charge is 0.455 e. The number of thioether (sulfide) groups is 1. The van der Waals surface area contributed by atoms with Gasteiger partial charge in [-0.15, -0.1) is 11.8 Å². The number of hydrogen-bond donors (Lipinski definition) is 0. The van der Waals surface area contributed by atoms with Gasteiger partial charge in [0.05, 0.1) is 11.0 Å². The molecule has 26 heavy (non-hydrogen) atoms. The van der Waals surface area contributed by atoms with E-state index in [2.05, 4.69) is 37.6 Å². The van der Waals surface area contributed by atoms with Crippen LogP contribution in [0.1, 0.15) is 39.5 Å². The molecule has 4 heteroatoms. The summed E-state index contributed by atoms with van der Waals surface area (Å²) in [6, 6.07) is 11.8. The maximum atomic E-state index is 9.09. The summed E-state index contributed by atoms with van der Waals surface area (Å²) in [5.41, 5.74) is 0.422. The van der Waals surface area contributed by atoms with Gasteiger partial charge in [-0.1, -0.05) is 51.5 Å². The molecule has 0 atom stereocenters. The smallest absolute Gasteiger partial charge is 0.156 e. The van der Waals surface area contributed by atoms with Gasteiger partial charge in [-0.25, -0.2) is 0 Å². The first-order chi connectivity index (χ1) is 12.6. The van der Waals surface area contributed by atoms with Gasteiger partial charge < -0.3 is 9.64 Å². The lowest BCUT2D eigenvalue weighted by Gasteiger charge is -2.22. The van der Waals surface area contributed by atoms with E-state index in [9.17, 15) is 0 Å². The first-order valence-electron chi connectivity index (χ1n) is 9.18. The molecule has 1 aromatic rings. The van der Waals surface area contributed by atoms with E-state index in [1.165, 1.54) is 0 Å². The molecule has 0 unspecified atom stereocenters. The molecule has 0 saturated heterocycles. The predicted molar refractivity (Wildman–Crippen MR) is 113 cm³/mol. The molecule has 0 aliphatic rings. The SMILES string of the molecule is C=C(C#N)/C=C(SC)\C(=C\N(CCCC)CCCC)Oc1ccccc1. The van der Waals surface area contributed by atoms with Crippen LogP contribution in [0.25, 0.3) is 0 Å². The molecule has 0 spiro atoms. The van der Waals surface area contributed by atoms with Crippen LogP contribution < -0.4 is 4.74 Å². The summed E-state index contributed by atoms with van der Waals surface area (Å²) in [5.74, 6) is 1.54. The van der Waals surface area contributed by atoms with Crippen molar-refractivity contribution in [2.24, 2.45) is 0 Å². The monoisotopic (exact) mass is 370 g/mol. The Labute approximate surface area is 163 Å². The Morgan fingerprint density at radius 2 is 1.81 bits per heavy atom. The molecule has 1 aromatic carbocycles. The molecule has 0 saturated carbocycles. The van der Waals surface area contributed by atoms with E-state index >= 15 is 0 Å². The normalized spacial score (nSPS) is 11.8. The van der Waals surface area contributed by atoms with Crippen molar-refractivity contribution in [1.82, 2.24) is 4.90 Å². The lowest BCUT2D eigenvalue weighted by molar-refractivity contribution is 0.337. The van der Waals surface area contributed by atoms with E-state index in [-0.39, 0.29) is 0 Å². The minimum absolute atomic E-state index is 0.422. The average Bonchev–Trinajstić information content (AvgIpc) is 2.68. The van der Waals surface area contributed by atoms with Crippen LogP contribution >= 0.6 is 11.8 Å². The molecule has 0 heterocycles. The Hall–Kier alpha value is -2.12. The molecule has 3 nitrogen and oxygen atoms in total. The molecule has 0 aliphatic carbocycles. The van der Waals surface area contributed by atoms with Gasteiger partial charge in [0, 0.05) is 24.9 Å². The van der Waals surface area contributed by atoms with Crippen LogP contribution in [0.4, 0.5) is 0 Å². The van der Waals surface area contributed by atoms with Crippen LogP contribution in [0.5, 0.6) is 5.75 Å². The average molecular weight is 371 g/mol. The van der Waals surface area contributed by atoms with Gasteiger partial charge in [0.15, 0.2) is 5.76 Å². The van der Waals surface area contributed by atoms with E-state index in [1.54, 1.807) is 17.8 Å². The van der Waals surface area contributed by atoms with Crippen LogP contribution in [-0.4, -0.2) is 24.2 Å². The fourth-order valence-electron chi connectivity index (χ4n) is 2.31. The third-order valence-electron chi connectivity index (χ3n) is 3.78.